The number of fused-ring (bicyclic) bond motifs is 2. The normalized spacial score (nSPS) is 25.1. The zero-order valence-electron chi connectivity index (χ0n) is 19.5. The van der Waals surface area contributed by atoms with Gasteiger partial charge in [-0.1, -0.05) is 57.1 Å². The molecular weight excluding hydrogens is 406 g/mol. The van der Waals surface area contributed by atoms with Gasteiger partial charge in [-0.2, -0.15) is 4.73 Å². The zero-order chi connectivity index (χ0) is 23.5. The van der Waals surface area contributed by atoms with Crippen molar-refractivity contribution in [2.75, 3.05) is 0 Å². The van der Waals surface area contributed by atoms with E-state index in [1.165, 1.54) is 12.3 Å². The Morgan fingerprint density at radius 2 is 1.94 bits per heavy atom. The lowest BCUT2D eigenvalue weighted by atomic mass is 9.82. The van der Waals surface area contributed by atoms with E-state index in [-0.39, 0.29) is 6.10 Å². The van der Waals surface area contributed by atoms with Crippen LogP contribution in [0.5, 0.6) is 5.75 Å². The molecule has 32 heavy (non-hydrogen) atoms. The molecule has 6 nitrogen and oxygen atoms in total. The molecule has 0 aliphatic carbocycles. The number of nitrogens with zero attached hydrogens (tertiary/aromatic N) is 1. The van der Waals surface area contributed by atoms with E-state index in [9.17, 15) is 19.9 Å². The highest BCUT2D eigenvalue weighted by molar-refractivity contribution is 6.06. The highest BCUT2D eigenvalue weighted by Crippen LogP contribution is 2.52. The summed E-state index contributed by atoms with van der Waals surface area (Å²) in [5, 5.41) is 20.9. The van der Waals surface area contributed by atoms with Gasteiger partial charge in [-0.05, 0) is 56.9 Å². The van der Waals surface area contributed by atoms with Crippen LogP contribution < -0.4 is 5.56 Å². The molecule has 6 heteroatoms. The van der Waals surface area contributed by atoms with Gasteiger partial charge in [0.1, 0.15) is 11.3 Å². The number of carbonyl (C=O) groups excluding carboxylic acids is 1. The van der Waals surface area contributed by atoms with E-state index in [0.29, 0.717) is 35.0 Å². The second kappa shape index (κ2) is 9.90. The van der Waals surface area contributed by atoms with Gasteiger partial charge < -0.3 is 15.1 Å². The lowest BCUT2D eigenvalue weighted by Crippen LogP contribution is -2.30. The molecule has 1 aromatic rings. The quantitative estimate of drug-likeness (QED) is 0.236. The fourth-order valence-electron chi connectivity index (χ4n) is 4.90. The molecule has 2 saturated heterocycles. The summed E-state index contributed by atoms with van der Waals surface area (Å²) in [6, 6.07) is 0. The highest BCUT2D eigenvalue weighted by atomic mass is 16.5. The van der Waals surface area contributed by atoms with Crippen molar-refractivity contribution in [1.82, 2.24) is 4.73 Å². The Morgan fingerprint density at radius 3 is 2.53 bits per heavy atom. The lowest BCUT2D eigenvalue weighted by Gasteiger charge is -2.26. The molecule has 2 fully saturated rings. The van der Waals surface area contributed by atoms with Crippen molar-refractivity contribution in [3.63, 3.8) is 0 Å². The Kier molecular flexibility index (Phi) is 7.44. The van der Waals surface area contributed by atoms with Crippen LogP contribution in [0.15, 0.2) is 46.9 Å². The standard InChI is InChI=1S/C26H35NO5/c1-5-17(2)14-19(4)15-18(3)8-6-7-9-22(28)23-24(29)21(16-27(31)25(23)30)26-12-10-20(32-26)11-13-26/h6-9,15-17,19-20,29,31H,5,10-14H2,1-4H3/b8-6+,9-7+,18-15+/t17-,19-,20?,26?/m1/s1. The molecule has 0 spiro atoms. The van der Waals surface area contributed by atoms with Crippen LogP contribution in [0.3, 0.4) is 0 Å². The first-order valence-corrected chi connectivity index (χ1v) is 11.6. The van der Waals surface area contributed by atoms with Crippen molar-refractivity contribution in [1.29, 1.82) is 0 Å². The lowest BCUT2D eigenvalue weighted by molar-refractivity contribution is 0.00629. The molecule has 0 unspecified atom stereocenters. The monoisotopic (exact) mass is 441 g/mol. The van der Waals surface area contributed by atoms with Gasteiger partial charge in [0.25, 0.3) is 5.56 Å². The van der Waals surface area contributed by atoms with Gasteiger partial charge in [-0.15, -0.1) is 0 Å². The Balaban J connectivity index is 1.76. The molecule has 2 N–H and O–H groups in total. The highest BCUT2D eigenvalue weighted by Gasteiger charge is 2.49. The van der Waals surface area contributed by atoms with Crippen molar-refractivity contribution < 1.29 is 19.8 Å². The van der Waals surface area contributed by atoms with E-state index in [2.05, 4.69) is 26.8 Å². The van der Waals surface area contributed by atoms with Crippen LogP contribution in [-0.4, -0.2) is 26.9 Å². The average molecular weight is 442 g/mol. The van der Waals surface area contributed by atoms with Gasteiger partial charge in [0, 0.05) is 5.56 Å². The number of hydrogen-bond donors (Lipinski definition) is 2. The fraction of sp³-hybridized carbons (Fsp3) is 0.538. The molecule has 0 radical (unpaired) electrons. The Morgan fingerprint density at radius 1 is 1.28 bits per heavy atom. The minimum atomic E-state index is -0.941. The van der Waals surface area contributed by atoms with Gasteiger partial charge in [0.2, 0.25) is 0 Å². The van der Waals surface area contributed by atoms with Crippen LogP contribution in [0.1, 0.15) is 82.1 Å². The molecule has 3 rings (SSSR count). The second-order valence-electron chi connectivity index (χ2n) is 9.45. The molecule has 0 aromatic carbocycles. The molecular formula is C26H35NO5. The van der Waals surface area contributed by atoms with Gasteiger partial charge in [0.05, 0.1) is 17.9 Å². The SMILES string of the molecule is CC[C@@H](C)C[C@@H](C)/C=C(C)/C=C/C=C/C(=O)c1c(O)c(C23CCC(CC2)O3)cn(O)c1=O. The third-order valence-electron chi connectivity index (χ3n) is 6.77. The minimum absolute atomic E-state index is 0.127. The molecule has 0 saturated carbocycles. The second-order valence-corrected chi connectivity index (χ2v) is 9.45. The maximum atomic E-state index is 12.7. The predicted molar refractivity (Wildman–Crippen MR) is 124 cm³/mol. The number of pyridine rings is 1. The summed E-state index contributed by atoms with van der Waals surface area (Å²) >= 11 is 0. The topological polar surface area (TPSA) is 88.8 Å². The van der Waals surface area contributed by atoms with Crippen LogP contribution >= 0.6 is 0 Å². The molecule has 2 aliphatic rings. The van der Waals surface area contributed by atoms with E-state index < -0.39 is 28.3 Å². The average Bonchev–Trinajstić information content (AvgIpc) is 3.36. The van der Waals surface area contributed by atoms with E-state index in [1.807, 2.05) is 13.0 Å². The maximum Gasteiger partial charge on any atom is 0.297 e. The summed E-state index contributed by atoms with van der Waals surface area (Å²) in [6.45, 7) is 8.64. The summed E-state index contributed by atoms with van der Waals surface area (Å²) in [6.07, 6.45) is 15.3. The predicted octanol–water partition coefficient (Wildman–Crippen LogP) is 5.27. The van der Waals surface area contributed by atoms with Crippen LogP contribution in [-0.2, 0) is 10.3 Å². The van der Waals surface area contributed by atoms with E-state index in [4.69, 9.17) is 4.74 Å². The molecule has 2 aliphatic heterocycles. The minimum Gasteiger partial charge on any atom is -0.506 e. The third-order valence-corrected chi connectivity index (χ3v) is 6.77. The number of carbonyl (C=O) groups is 1. The Hall–Kier alpha value is -2.60. The number of ketones is 1. The van der Waals surface area contributed by atoms with Gasteiger partial charge >= 0.3 is 0 Å². The van der Waals surface area contributed by atoms with Crippen molar-refractivity contribution >= 4 is 5.78 Å². The summed E-state index contributed by atoms with van der Waals surface area (Å²) in [7, 11) is 0. The van der Waals surface area contributed by atoms with E-state index in [1.54, 1.807) is 12.2 Å². The number of allylic oxidation sites excluding steroid dienone is 6. The summed E-state index contributed by atoms with van der Waals surface area (Å²) in [5.74, 6) is 0.100. The number of hydrogen-bond acceptors (Lipinski definition) is 5. The van der Waals surface area contributed by atoms with E-state index >= 15 is 0 Å². The number of aromatic hydroxyl groups is 1. The Bertz CT molecular complexity index is 992. The first kappa shape index (κ1) is 24.1. The van der Waals surface area contributed by atoms with Crippen LogP contribution in [0, 0.1) is 11.8 Å². The summed E-state index contributed by atoms with van der Waals surface area (Å²) < 4.78 is 6.39. The first-order valence-electron chi connectivity index (χ1n) is 11.6. The number of aromatic nitrogens is 1. The first-order chi connectivity index (χ1) is 15.2. The van der Waals surface area contributed by atoms with Crippen LogP contribution in [0.25, 0.3) is 0 Å². The molecule has 3 heterocycles. The van der Waals surface area contributed by atoms with Crippen molar-refractivity contribution in [2.24, 2.45) is 11.8 Å². The largest absolute Gasteiger partial charge is 0.506 e. The molecule has 1 aromatic heterocycles. The molecule has 0 amide bonds. The van der Waals surface area contributed by atoms with Crippen molar-refractivity contribution in [3.8, 4) is 5.75 Å². The number of ether oxygens (including phenoxy) is 1. The van der Waals surface area contributed by atoms with Gasteiger partial charge in [0.15, 0.2) is 5.78 Å². The Labute approximate surface area is 189 Å². The summed E-state index contributed by atoms with van der Waals surface area (Å²) in [4.78, 5) is 25.1. The smallest absolute Gasteiger partial charge is 0.297 e. The third kappa shape index (κ3) is 5.07. The number of rotatable bonds is 9. The molecule has 2 bridgehead atoms. The van der Waals surface area contributed by atoms with Gasteiger partial charge in [-0.3, -0.25) is 9.59 Å². The summed E-state index contributed by atoms with van der Waals surface area (Å²) in [5.41, 5.74) is -0.713. The van der Waals surface area contributed by atoms with E-state index in [0.717, 1.165) is 31.3 Å². The zero-order valence-corrected chi connectivity index (χ0v) is 19.5. The maximum absolute atomic E-state index is 12.7. The van der Waals surface area contributed by atoms with Crippen molar-refractivity contribution in [2.45, 2.75) is 77.9 Å². The molecule has 174 valence electrons. The van der Waals surface area contributed by atoms with Crippen molar-refractivity contribution in [3.05, 3.63) is 63.6 Å². The van der Waals surface area contributed by atoms with Crippen LogP contribution in [0.4, 0.5) is 0 Å². The molecule has 2 atom stereocenters. The van der Waals surface area contributed by atoms with Crippen LogP contribution in [0.2, 0.25) is 0 Å². The fourth-order valence-corrected chi connectivity index (χ4v) is 4.90. The van der Waals surface area contributed by atoms with Gasteiger partial charge in [-0.25, -0.2) is 0 Å².